The molecule has 3 N–H and O–H groups in total. The number of ether oxygens (including phenoxy) is 4. The minimum absolute atomic E-state index is 0.0743. The van der Waals surface area contributed by atoms with E-state index in [1.165, 1.54) is 77.0 Å². The molecule has 0 aromatic rings. The van der Waals surface area contributed by atoms with Crippen LogP contribution >= 0.6 is 15.6 Å². The molecule has 0 saturated carbocycles. The van der Waals surface area contributed by atoms with Gasteiger partial charge in [-0.05, 0) is 154 Å². The van der Waals surface area contributed by atoms with Crippen molar-refractivity contribution in [2.45, 2.75) is 367 Å². The van der Waals surface area contributed by atoms with E-state index in [4.69, 9.17) is 37.0 Å². The van der Waals surface area contributed by atoms with Crippen molar-refractivity contribution >= 4 is 39.5 Å². The molecule has 0 fully saturated rings. The van der Waals surface area contributed by atoms with Crippen molar-refractivity contribution in [2.24, 2.45) is 0 Å². The van der Waals surface area contributed by atoms with E-state index in [1.807, 2.05) is 0 Å². The van der Waals surface area contributed by atoms with Gasteiger partial charge < -0.3 is 33.8 Å². The van der Waals surface area contributed by atoms with E-state index in [2.05, 4.69) is 137 Å². The van der Waals surface area contributed by atoms with Gasteiger partial charge in [-0.25, -0.2) is 9.13 Å². The first-order chi connectivity index (χ1) is 50.7. The molecule has 0 aromatic carbocycles. The number of allylic oxidation sites excluding steroid dienone is 18. The van der Waals surface area contributed by atoms with Crippen LogP contribution in [0, 0.1) is 0 Å². The number of phosphoric ester groups is 2. The number of unbranched alkanes of at least 4 members (excludes halogenated alkanes) is 33. The van der Waals surface area contributed by atoms with Gasteiger partial charge in [-0.3, -0.25) is 37.3 Å². The van der Waals surface area contributed by atoms with Crippen LogP contribution < -0.4 is 0 Å². The molecule has 0 aliphatic carbocycles. The van der Waals surface area contributed by atoms with E-state index < -0.39 is 97.5 Å². The lowest BCUT2D eigenvalue weighted by atomic mass is 10.1. The van der Waals surface area contributed by atoms with Gasteiger partial charge in [-0.15, -0.1) is 0 Å². The highest BCUT2D eigenvalue weighted by Gasteiger charge is 2.30. The maximum atomic E-state index is 13.1. The van der Waals surface area contributed by atoms with E-state index in [1.54, 1.807) is 0 Å². The monoisotopic (exact) mass is 1500 g/mol. The van der Waals surface area contributed by atoms with Crippen molar-refractivity contribution < 1.29 is 80.2 Å². The fraction of sp³-hybridized carbons (Fsp3) is 0.741. The average molecular weight is 1500 g/mol. The maximum Gasteiger partial charge on any atom is 0.472 e. The largest absolute Gasteiger partial charge is 0.472 e. The van der Waals surface area contributed by atoms with Crippen LogP contribution in [-0.2, 0) is 65.4 Å². The molecule has 0 bridgehead atoms. The Morgan fingerprint density at radius 3 is 0.798 bits per heavy atom. The zero-order chi connectivity index (χ0) is 76.0. The molecule has 0 rings (SSSR count). The molecule has 0 spiro atoms. The van der Waals surface area contributed by atoms with Gasteiger partial charge >= 0.3 is 39.5 Å². The summed E-state index contributed by atoms with van der Waals surface area (Å²) >= 11 is 0. The van der Waals surface area contributed by atoms with Crippen LogP contribution in [0.5, 0.6) is 0 Å². The molecule has 0 aliphatic rings. The molecule has 5 atom stereocenters. The van der Waals surface area contributed by atoms with Crippen LogP contribution in [0.25, 0.3) is 0 Å². The maximum absolute atomic E-state index is 13.1. The van der Waals surface area contributed by atoms with E-state index in [-0.39, 0.29) is 25.7 Å². The molecule has 17 nitrogen and oxygen atoms in total. The zero-order valence-corrected chi connectivity index (χ0v) is 67.5. The minimum Gasteiger partial charge on any atom is -0.462 e. The van der Waals surface area contributed by atoms with Crippen molar-refractivity contribution in [1.82, 2.24) is 0 Å². The Hall–Kier alpha value is -4.28. The Kier molecular flexibility index (Phi) is 73.7. The lowest BCUT2D eigenvalue weighted by Crippen LogP contribution is -2.30. The third-order valence-corrected chi connectivity index (χ3v) is 19.1. The summed E-state index contributed by atoms with van der Waals surface area (Å²) in [7, 11) is -9.97. The Morgan fingerprint density at radius 2 is 0.500 bits per heavy atom. The third-order valence-electron chi connectivity index (χ3n) is 17.2. The molecule has 19 heteroatoms. The highest BCUT2D eigenvalue weighted by Crippen LogP contribution is 2.45. The van der Waals surface area contributed by atoms with Gasteiger partial charge in [0.05, 0.1) is 26.4 Å². The van der Waals surface area contributed by atoms with Gasteiger partial charge in [0.2, 0.25) is 0 Å². The molecule has 104 heavy (non-hydrogen) atoms. The molecule has 0 heterocycles. The van der Waals surface area contributed by atoms with Crippen LogP contribution in [-0.4, -0.2) is 96.7 Å². The lowest BCUT2D eigenvalue weighted by Gasteiger charge is -2.21. The number of aliphatic hydroxyl groups excluding tert-OH is 1. The second-order valence-electron chi connectivity index (χ2n) is 27.3. The summed E-state index contributed by atoms with van der Waals surface area (Å²) in [6.07, 6.45) is 83.4. The number of hydrogen-bond donors (Lipinski definition) is 3. The lowest BCUT2D eigenvalue weighted by molar-refractivity contribution is -0.161. The second kappa shape index (κ2) is 76.9. The number of aliphatic hydroxyl groups is 1. The Balaban J connectivity index is 5.39. The summed E-state index contributed by atoms with van der Waals surface area (Å²) in [6.45, 7) is 4.69. The summed E-state index contributed by atoms with van der Waals surface area (Å²) in [5.41, 5.74) is 0. The second-order valence-corrected chi connectivity index (χ2v) is 30.2. The molecule has 5 unspecified atom stereocenters. The van der Waals surface area contributed by atoms with Crippen LogP contribution in [0.15, 0.2) is 109 Å². The predicted molar refractivity (Wildman–Crippen MR) is 427 cm³/mol. The number of carbonyl (C=O) groups excluding carboxylic acids is 4. The Morgan fingerprint density at radius 1 is 0.279 bits per heavy atom. The predicted octanol–water partition coefficient (Wildman–Crippen LogP) is 24.1. The summed E-state index contributed by atoms with van der Waals surface area (Å²) in [5.74, 6) is -2.22. The standard InChI is InChI=1S/C85H148O17P2/c1-5-9-13-17-21-25-29-33-37-38-39-40-44-46-50-54-58-62-66-70-83(88)96-76-81(102-85(90)72-68-64-60-56-52-48-43-36-32-28-24-20-16-12-8-4)78-100-104(93,94)98-74-79(86)73-97-103(91,92)99-77-80(101-84(89)71-67-63-59-55-51-47-42-35-31-27-23-19-15-11-7-3)75-95-82(87)69-65-61-57-53-49-45-41-34-30-26-22-18-14-10-6-2/h9,13,21-22,24-26,28,33-37,39-43,79-81,86H,5-8,10-12,14-20,23,27,29-32,38,44-78H2,1-4H3,(H,91,92)(H,93,94)/b13-9-,25-21-,26-22-,28-24-,37-33-,40-39-,41-34-,42-35-,43-36-. The van der Waals surface area contributed by atoms with Crippen molar-refractivity contribution in [3.63, 3.8) is 0 Å². The van der Waals surface area contributed by atoms with Crippen LogP contribution in [0.4, 0.5) is 0 Å². The van der Waals surface area contributed by atoms with Crippen LogP contribution in [0.1, 0.15) is 349 Å². The van der Waals surface area contributed by atoms with Crippen LogP contribution in [0.3, 0.4) is 0 Å². The van der Waals surface area contributed by atoms with Gasteiger partial charge in [0.1, 0.15) is 19.3 Å². The minimum atomic E-state index is -4.99. The normalized spacial score (nSPS) is 14.4. The molecule has 0 amide bonds. The zero-order valence-electron chi connectivity index (χ0n) is 65.7. The molecule has 0 radical (unpaired) electrons. The number of carbonyl (C=O) groups is 4. The smallest absolute Gasteiger partial charge is 0.462 e. The highest BCUT2D eigenvalue weighted by molar-refractivity contribution is 7.47. The summed E-state index contributed by atoms with van der Waals surface area (Å²) in [5, 5.41) is 10.7. The fourth-order valence-corrected chi connectivity index (χ4v) is 12.5. The van der Waals surface area contributed by atoms with Crippen molar-refractivity contribution in [3.05, 3.63) is 109 Å². The van der Waals surface area contributed by atoms with Crippen LogP contribution in [0.2, 0.25) is 0 Å². The number of phosphoric acid groups is 2. The molecular formula is C85H148O17P2. The van der Waals surface area contributed by atoms with E-state index >= 15 is 0 Å². The average Bonchev–Trinajstić information content (AvgIpc) is 0.918. The summed E-state index contributed by atoms with van der Waals surface area (Å²) in [4.78, 5) is 73.1. The van der Waals surface area contributed by atoms with Gasteiger partial charge in [-0.1, -0.05) is 278 Å². The van der Waals surface area contributed by atoms with Crippen molar-refractivity contribution in [2.75, 3.05) is 39.6 Å². The quantitative estimate of drug-likeness (QED) is 0.0169. The van der Waals surface area contributed by atoms with Crippen molar-refractivity contribution in [3.8, 4) is 0 Å². The first-order valence-electron chi connectivity index (χ1n) is 41.1. The van der Waals surface area contributed by atoms with E-state index in [0.717, 1.165) is 193 Å². The Bertz CT molecular complexity index is 2390. The summed E-state index contributed by atoms with van der Waals surface area (Å²) < 4.78 is 68.7. The number of hydrogen-bond acceptors (Lipinski definition) is 15. The van der Waals surface area contributed by atoms with Crippen molar-refractivity contribution in [1.29, 1.82) is 0 Å². The molecule has 0 saturated heterocycles. The topological polar surface area (TPSA) is 237 Å². The van der Waals surface area contributed by atoms with Gasteiger partial charge in [0.25, 0.3) is 0 Å². The van der Waals surface area contributed by atoms with Gasteiger partial charge in [0.15, 0.2) is 12.2 Å². The molecular weight excluding hydrogens is 1350 g/mol. The molecule has 600 valence electrons. The molecule has 0 aliphatic heterocycles. The number of rotatable bonds is 77. The first kappa shape index (κ1) is 99.7. The fourth-order valence-electron chi connectivity index (χ4n) is 10.9. The van der Waals surface area contributed by atoms with E-state index in [0.29, 0.717) is 25.7 Å². The first-order valence-corrected chi connectivity index (χ1v) is 44.1. The highest BCUT2D eigenvalue weighted by atomic mass is 31.2. The molecule has 0 aromatic heterocycles. The third kappa shape index (κ3) is 75.9. The van der Waals surface area contributed by atoms with Gasteiger partial charge in [0, 0.05) is 25.7 Å². The van der Waals surface area contributed by atoms with Gasteiger partial charge in [-0.2, -0.15) is 0 Å². The Labute approximate surface area is 632 Å². The SMILES string of the molecule is CC/C=C\C/C=C\C/C=C\C/C=C\CCCCCCCCC(=O)OCC(COP(=O)(O)OCC(O)COP(=O)(O)OCC(COC(=O)CCCCCCC/C=C\C/C=C\CCCCC)OC(=O)CCCCCCC/C=C\CCCCCCCC)OC(=O)CCCCCCC/C=C\C/C=C\CCCCC. The summed E-state index contributed by atoms with van der Waals surface area (Å²) in [6, 6.07) is 0. The number of esters is 4. The van der Waals surface area contributed by atoms with E-state index in [9.17, 15) is 43.2 Å².